The Morgan fingerprint density at radius 2 is 1.76 bits per heavy atom. The first-order chi connectivity index (χ1) is 13.9. The smallest absolute Gasteiger partial charge is 0.130 e. The molecular weight excluding hydrogens is 362 g/mol. The largest absolute Gasteiger partial charge is 0.507 e. The van der Waals surface area contributed by atoms with Gasteiger partial charge in [0.25, 0.3) is 0 Å². The van der Waals surface area contributed by atoms with Crippen molar-refractivity contribution in [3.8, 4) is 28.4 Å². The number of aromatic hydroxyl groups is 1. The van der Waals surface area contributed by atoms with Crippen molar-refractivity contribution in [3.63, 3.8) is 0 Å². The predicted octanol–water partition coefficient (Wildman–Crippen LogP) is 5.48. The van der Waals surface area contributed by atoms with Crippen LogP contribution in [0.2, 0.25) is 0 Å². The Balaban J connectivity index is 2.03. The van der Waals surface area contributed by atoms with Crippen LogP contribution in [-0.4, -0.2) is 37.3 Å². The maximum Gasteiger partial charge on any atom is 0.130 e. The monoisotopic (exact) mass is 391 g/mol. The van der Waals surface area contributed by atoms with Gasteiger partial charge in [-0.05, 0) is 68.4 Å². The van der Waals surface area contributed by atoms with Crippen LogP contribution in [0, 0.1) is 6.92 Å². The molecule has 1 aliphatic rings. The number of likely N-dealkylation sites (N-methyl/N-ethyl adjacent to an activating group) is 1. The van der Waals surface area contributed by atoms with Gasteiger partial charge in [-0.3, -0.25) is 4.90 Å². The second-order valence-electron chi connectivity index (χ2n) is 8.08. The Kier molecular flexibility index (Phi) is 4.91. The summed E-state index contributed by atoms with van der Waals surface area (Å²) in [7, 11) is 5.47. The molecule has 0 aliphatic carbocycles. The number of phenolic OH excluding ortho intramolecular Hbond substituents is 1. The van der Waals surface area contributed by atoms with Crippen LogP contribution in [0.4, 0.5) is 0 Å². The van der Waals surface area contributed by atoms with E-state index in [1.165, 1.54) is 5.56 Å². The number of nitrogens with zero attached hydrogens (tertiary/aromatic N) is 1. The zero-order chi connectivity index (χ0) is 20.9. The molecule has 0 radical (unpaired) electrons. The third-order valence-electron chi connectivity index (χ3n) is 6.54. The molecule has 29 heavy (non-hydrogen) atoms. The van der Waals surface area contributed by atoms with Crippen molar-refractivity contribution in [2.45, 2.75) is 39.3 Å². The zero-order valence-electron chi connectivity index (χ0n) is 18.0. The van der Waals surface area contributed by atoms with Gasteiger partial charge in [0, 0.05) is 23.2 Å². The number of phenols is 1. The molecule has 0 unspecified atom stereocenters. The topological polar surface area (TPSA) is 41.9 Å². The Morgan fingerprint density at radius 3 is 2.45 bits per heavy atom. The van der Waals surface area contributed by atoms with Gasteiger partial charge in [0.2, 0.25) is 0 Å². The van der Waals surface area contributed by atoms with E-state index in [-0.39, 0.29) is 6.04 Å². The summed E-state index contributed by atoms with van der Waals surface area (Å²) in [6, 6.07) is 12.9. The van der Waals surface area contributed by atoms with Gasteiger partial charge < -0.3 is 14.6 Å². The fraction of sp³-hybridized carbons (Fsp3) is 0.360. The molecule has 0 fully saturated rings. The Bertz CT molecular complexity index is 1090. The molecule has 0 saturated heterocycles. The second kappa shape index (κ2) is 7.27. The molecule has 4 heteroatoms. The summed E-state index contributed by atoms with van der Waals surface area (Å²) in [4.78, 5) is 2.33. The van der Waals surface area contributed by atoms with E-state index in [2.05, 4.69) is 50.9 Å². The van der Waals surface area contributed by atoms with Crippen molar-refractivity contribution >= 4 is 10.8 Å². The second-order valence-corrected chi connectivity index (χ2v) is 8.08. The SMILES string of the molecule is COc1cccc2c(-c3ccc4c(c3O)[C@@H](C)N(C)[C@@H](C)C4)c(C)cc(OC)c12. The van der Waals surface area contributed by atoms with Crippen LogP contribution < -0.4 is 9.47 Å². The van der Waals surface area contributed by atoms with Crippen LogP contribution in [0.1, 0.15) is 36.6 Å². The van der Waals surface area contributed by atoms with Crippen molar-refractivity contribution in [3.05, 3.63) is 53.1 Å². The van der Waals surface area contributed by atoms with E-state index < -0.39 is 0 Å². The first-order valence-corrected chi connectivity index (χ1v) is 10.1. The number of rotatable bonds is 3. The summed E-state index contributed by atoms with van der Waals surface area (Å²) in [5.74, 6) is 1.92. The van der Waals surface area contributed by atoms with Gasteiger partial charge in [-0.1, -0.05) is 24.3 Å². The Morgan fingerprint density at radius 1 is 1.03 bits per heavy atom. The molecule has 0 bridgehead atoms. The van der Waals surface area contributed by atoms with Crippen LogP contribution in [0.15, 0.2) is 36.4 Å². The van der Waals surface area contributed by atoms with Gasteiger partial charge in [0.1, 0.15) is 17.2 Å². The molecule has 152 valence electrons. The van der Waals surface area contributed by atoms with Crippen LogP contribution in [0.25, 0.3) is 21.9 Å². The molecule has 2 atom stereocenters. The standard InChI is InChI=1S/C25H29NO3/c1-14-12-21(29-6)24-18(8-7-9-20(24)28-5)22(14)19-11-10-17-13-15(2)26(4)16(3)23(17)25(19)27/h7-12,15-16,27H,13H2,1-6H3/t15-,16+/m0/s1. The fourth-order valence-corrected chi connectivity index (χ4v) is 4.78. The minimum atomic E-state index is 0.160. The molecular formula is C25H29NO3. The summed E-state index contributed by atoms with van der Waals surface area (Å²) in [5, 5.41) is 13.4. The summed E-state index contributed by atoms with van der Waals surface area (Å²) < 4.78 is 11.3. The molecule has 3 aromatic rings. The minimum Gasteiger partial charge on any atom is -0.507 e. The van der Waals surface area contributed by atoms with Gasteiger partial charge in [0.05, 0.1) is 19.6 Å². The quantitative estimate of drug-likeness (QED) is 0.642. The lowest BCUT2D eigenvalue weighted by molar-refractivity contribution is 0.176. The van der Waals surface area contributed by atoms with E-state index in [1.807, 2.05) is 18.2 Å². The first kappa shape index (κ1) is 19.6. The molecule has 1 N–H and O–H groups in total. The van der Waals surface area contributed by atoms with E-state index in [9.17, 15) is 5.11 Å². The fourth-order valence-electron chi connectivity index (χ4n) is 4.78. The van der Waals surface area contributed by atoms with Crippen LogP contribution in [0.5, 0.6) is 17.2 Å². The third kappa shape index (κ3) is 2.94. The van der Waals surface area contributed by atoms with Crippen molar-refractivity contribution in [1.82, 2.24) is 4.90 Å². The number of hydrogen-bond acceptors (Lipinski definition) is 4. The van der Waals surface area contributed by atoms with Gasteiger partial charge in [-0.25, -0.2) is 0 Å². The highest BCUT2D eigenvalue weighted by Crippen LogP contribution is 2.47. The van der Waals surface area contributed by atoms with Crippen LogP contribution in [0.3, 0.4) is 0 Å². The highest BCUT2D eigenvalue weighted by Gasteiger charge is 2.30. The Labute approximate surface area is 172 Å². The van der Waals surface area contributed by atoms with Gasteiger partial charge in [0.15, 0.2) is 0 Å². The lowest BCUT2D eigenvalue weighted by Gasteiger charge is -2.38. The highest BCUT2D eigenvalue weighted by atomic mass is 16.5. The Hall–Kier alpha value is -2.72. The van der Waals surface area contributed by atoms with Gasteiger partial charge >= 0.3 is 0 Å². The predicted molar refractivity (Wildman–Crippen MR) is 118 cm³/mol. The lowest BCUT2D eigenvalue weighted by Crippen LogP contribution is -2.38. The lowest BCUT2D eigenvalue weighted by atomic mass is 9.84. The maximum absolute atomic E-state index is 11.4. The molecule has 1 aliphatic heterocycles. The van der Waals surface area contributed by atoms with Crippen LogP contribution >= 0.6 is 0 Å². The maximum atomic E-state index is 11.4. The number of methoxy groups -OCH3 is 2. The van der Waals surface area contributed by atoms with E-state index in [1.54, 1.807) is 14.2 Å². The third-order valence-corrected chi connectivity index (χ3v) is 6.54. The molecule has 1 heterocycles. The van der Waals surface area contributed by atoms with E-state index in [4.69, 9.17) is 9.47 Å². The molecule has 0 saturated carbocycles. The number of aryl methyl sites for hydroxylation is 1. The van der Waals surface area contributed by atoms with Crippen molar-refractivity contribution < 1.29 is 14.6 Å². The normalized spacial score (nSPS) is 19.2. The van der Waals surface area contributed by atoms with Crippen molar-refractivity contribution in [2.75, 3.05) is 21.3 Å². The van der Waals surface area contributed by atoms with E-state index >= 15 is 0 Å². The molecule has 4 rings (SSSR count). The summed E-state index contributed by atoms with van der Waals surface area (Å²) in [6.07, 6.45) is 0.945. The first-order valence-electron chi connectivity index (χ1n) is 10.1. The summed E-state index contributed by atoms with van der Waals surface area (Å²) in [5.41, 5.74) is 5.21. The molecule has 0 spiro atoms. The van der Waals surface area contributed by atoms with E-state index in [0.29, 0.717) is 11.8 Å². The van der Waals surface area contributed by atoms with Gasteiger partial charge in [-0.15, -0.1) is 0 Å². The average Bonchev–Trinajstić information content (AvgIpc) is 2.71. The van der Waals surface area contributed by atoms with Gasteiger partial charge in [-0.2, -0.15) is 0 Å². The number of hydrogen-bond donors (Lipinski definition) is 1. The zero-order valence-corrected chi connectivity index (χ0v) is 18.0. The molecule has 0 amide bonds. The molecule has 4 nitrogen and oxygen atoms in total. The van der Waals surface area contributed by atoms with Crippen molar-refractivity contribution in [1.29, 1.82) is 0 Å². The number of fused-ring (bicyclic) bond motifs is 2. The summed E-state index contributed by atoms with van der Waals surface area (Å²) in [6.45, 7) is 6.46. The highest BCUT2D eigenvalue weighted by molar-refractivity contribution is 6.05. The van der Waals surface area contributed by atoms with Crippen molar-refractivity contribution in [2.24, 2.45) is 0 Å². The number of benzene rings is 3. The minimum absolute atomic E-state index is 0.160. The van der Waals surface area contributed by atoms with Crippen LogP contribution in [-0.2, 0) is 6.42 Å². The van der Waals surface area contributed by atoms with E-state index in [0.717, 1.165) is 50.9 Å². The average molecular weight is 392 g/mol. The molecule has 0 aromatic heterocycles. The molecule has 3 aromatic carbocycles. The number of ether oxygens (including phenoxy) is 2. The summed E-state index contributed by atoms with van der Waals surface area (Å²) >= 11 is 0.